The average molecular weight is 359 g/mol. The third-order valence-electron chi connectivity index (χ3n) is 5.85. The molecular formula is C18H31F2N3O2. The van der Waals surface area contributed by atoms with Gasteiger partial charge in [0.25, 0.3) is 5.92 Å². The lowest BCUT2D eigenvalue weighted by atomic mass is 10.00. The molecule has 3 fully saturated rings. The third-order valence-corrected chi connectivity index (χ3v) is 5.85. The Bertz CT molecular complexity index is 459. The Kier molecular flexibility index (Phi) is 5.96. The molecule has 1 atom stereocenters. The van der Waals surface area contributed by atoms with Gasteiger partial charge in [-0.1, -0.05) is 12.8 Å². The van der Waals surface area contributed by atoms with Crippen LogP contribution in [0.25, 0.3) is 0 Å². The molecule has 0 aromatic heterocycles. The Morgan fingerprint density at radius 1 is 0.880 bits per heavy atom. The van der Waals surface area contributed by atoms with Gasteiger partial charge >= 0.3 is 0 Å². The molecule has 3 aliphatic heterocycles. The third kappa shape index (κ3) is 5.34. The number of likely N-dealkylation sites (tertiary alicyclic amines) is 3. The molecule has 3 aliphatic rings. The minimum atomic E-state index is -2.57. The van der Waals surface area contributed by atoms with Crippen molar-refractivity contribution >= 4 is 5.91 Å². The standard InChI is InChI=1S/C18H31F2N3O2/c19-18(20)6-10-22(11-7-18)14-17(25)5-12-23(15-17)16(24)13-21-8-3-1-2-4-9-21/h25H,1-15H2/t17-/m1/s1. The van der Waals surface area contributed by atoms with Gasteiger partial charge in [0.15, 0.2) is 0 Å². The molecule has 0 aromatic carbocycles. The van der Waals surface area contributed by atoms with E-state index in [1.165, 1.54) is 12.8 Å². The van der Waals surface area contributed by atoms with Gasteiger partial charge in [-0.05, 0) is 32.4 Å². The topological polar surface area (TPSA) is 47.0 Å². The zero-order valence-corrected chi connectivity index (χ0v) is 15.1. The number of β-amino-alcohol motifs (C(OH)–C–C–N with tert-alkyl or cyclic N) is 1. The number of alkyl halides is 2. The molecule has 1 amide bonds. The minimum absolute atomic E-state index is 0.0861. The van der Waals surface area contributed by atoms with Crippen LogP contribution < -0.4 is 0 Å². The van der Waals surface area contributed by atoms with Gasteiger partial charge < -0.3 is 10.0 Å². The number of amides is 1. The first-order chi connectivity index (χ1) is 11.9. The molecule has 1 N–H and O–H groups in total. The van der Waals surface area contributed by atoms with Crippen LogP contribution in [0.15, 0.2) is 0 Å². The Labute approximate surface area is 148 Å². The number of aliphatic hydroxyl groups is 1. The van der Waals surface area contributed by atoms with Gasteiger partial charge in [0, 0.05) is 39.0 Å². The van der Waals surface area contributed by atoms with E-state index in [0.29, 0.717) is 45.7 Å². The van der Waals surface area contributed by atoms with Crippen molar-refractivity contribution in [3.05, 3.63) is 0 Å². The molecular weight excluding hydrogens is 328 g/mol. The van der Waals surface area contributed by atoms with E-state index in [1.807, 2.05) is 4.90 Å². The van der Waals surface area contributed by atoms with Crippen molar-refractivity contribution in [2.75, 3.05) is 52.4 Å². The average Bonchev–Trinajstić information content (AvgIpc) is 2.77. The molecule has 0 unspecified atom stereocenters. The summed E-state index contributed by atoms with van der Waals surface area (Å²) in [5, 5.41) is 10.8. The number of hydrogen-bond acceptors (Lipinski definition) is 4. The fraction of sp³-hybridized carbons (Fsp3) is 0.944. The van der Waals surface area contributed by atoms with Crippen molar-refractivity contribution in [1.82, 2.24) is 14.7 Å². The van der Waals surface area contributed by atoms with E-state index in [9.17, 15) is 18.7 Å². The number of carbonyl (C=O) groups is 1. The fourth-order valence-corrected chi connectivity index (χ4v) is 4.24. The summed E-state index contributed by atoms with van der Waals surface area (Å²) < 4.78 is 26.5. The van der Waals surface area contributed by atoms with Crippen LogP contribution in [-0.4, -0.2) is 89.6 Å². The summed E-state index contributed by atoms with van der Waals surface area (Å²) in [5.74, 6) is -2.48. The molecule has 3 saturated heterocycles. The SMILES string of the molecule is O=C(CN1CCCCCC1)N1CC[C@@](O)(CN2CCC(F)(F)CC2)C1. The van der Waals surface area contributed by atoms with Crippen LogP contribution in [0.1, 0.15) is 44.9 Å². The van der Waals surface area contributed by atoms with Crippen LogP contribution in [0.4, 0.5) is 8.78 Å². The number of rotatable bonds is 4. The highest BCUT2D eigenvalue weighted by Gasteiger charge is 2.42. The smallest absolute Gasteiger partial charge is 0.250 e. The number of nitrogens with zero attached hydrogens (tertiary/aromatic N) is 3. The fourth-order valence-electron chi connectivity index (χ4n) is 4.24. The molecule has 25 heavy (non-hydrogen) atoms. The number of hydrogen-bond donors (Lipinski definition) is 1. The maximum Gasteiger partial charge on any atom is 0.250 e. The molecule has 3 heterocycles. The predicted molar refractivity (Wildman–Crippen MR) is 91.7 cm³/mol. The number of piperidine rings is 1. The predicted octanol–water partition coefficient (Wildman–Crippen LogP) is 1.56. The Morgan fingerprint density at radius 2 is 1.52 bits per heavy atom. The molecule has 3 rings (SSSR count). The van der Waals surface area contributed by atoms with Gasteiger partial charge in [-0.15, -0.1) is 0 Å². The van der Waals surface area contributed by atoms with Crippen LogP contribution >= 0.6 is 0 Å². The van der Waals surface area contributed by atoms with Crippen LogP contribution in [0.5, 0.6) is 0 Å². The van der Waals surface area contributed by atoms with E-state index in [1.54, 1.807) is 4.90 Å². The quantitative estimate of drug-likeness (QED) is 0.828. The molecule has 0 saturated carbocycles. The first kappa shape index (κ1) is 19.0. The summed E-state index contributed by atoms with van der Waals surface area (Å²) in [4.78, 5) is 18.4. The van der Waals surface area contributed by atoms with Crippen molar-refractivity contribution in [2.45, 2.75) is 56.5 Å². The zero-order valence-electron chi connectivity index (χ0n) is 15.1. The van der Waals surface area contributed by atoms with E-state index in [4.69, 9.17) is 0 Å². The lowest BCUT2D eigenvalue weighted by Gasteiger charge is -2.36. The van der Waals surface area contributed by atoms with Gasteiger partial charge in [0.05, 0.1) is 18.7 Å². The lowest BCUT2D eigenvalue weighted by molar-refractivity contribution is -0.132. The van der Waals surface area contributed by atoms with Crippen LogP contribution in [0.3, 0.4) is 0 Å². The largest absolute Gasteiger partial charge is 0.387 e. The van der Waals surface area contributed by atoms with Gasteiger partial charge in [0.2, 0.25) is 5.91 Å². The van der Waals surface area contributed by atoms with E-state index in [-0.39, 0.29) is 18.7 Å². The first-order valence-electron chi connectivity index (χ1n) is 9.68. The molecule has 7 heteroatoms. The van der Waals surface area contributed by atoms with E-state index in [0.717, 1.165) is 25.9 Å². The Morgan fingerprint density at radius 3 is 2.16 bits per heavy atom. The zero-order chi connectivity index (χ0) is 17.9. The normalized spacial score (nSPS) is 31.9. The Hall–Kier alpha value is -0.790. The van der Waals surface area contributed by atoms with E-state index >= 15 is 0 Å². The molecule has 0 bridgehead atoms. The second kappa shape index (κ2) is 7.84. The highest BCUT2D eigenvalue weighted by Crippen LogP contribution is 2.30. The van der Waals surface area contributed by atoms with Crippen molar-refractivity contribution in [2.24, 2.45) is 0 Å². The van der Waals surface area contributed by atoms with Crippen LogP contribution in [-0.2, 0) is 4.79 Å². The van der Waals surface area contributed by atoms with Crippen LogP contribution in [0, 0.1) is 0 Å². The second-order valence-electron chi connectivity index (χ2n) is 8.11. The molecule has 0 aromatic rings. The van der Waals surface area contributed by atoms with Gasteiger partial charge in [-0.2, -0.15) is 0 Å². The summed E-state index contributed by atoms with van der Waals surface area (Å²) in [5.41, 5.74) is -0.957. The van der Waals surface area contributed by atoms with Crippen molar-refractivity contribution in [3.63, 3.8) is 0 Å². The maximum atomic E-state index is 13.3. The maximum absolute atomic E-state index is 13.3. The van der Waals surface area contributed by atoms with Gasteiger partial charge in [-0.3, -0.25) is 14.6 Å². The van der Waals surface area contributed by atoms with E-state index in [2.05, 4.69) is 4.90 Å². The van der Waals surface area contributed by atoms with E-state index < -0.39 is 11.5 Å². The highest BCUT2D eigenvalue weighted by molar-refractivity contribution is 5.78. The summed E-state index contributed by atoms with van der Waals surface area (Å²) >= 11 is 0. The summed E-state index contributed by atoms with van der Waals surface area (Å²) in [6.45, 7) is 4.30. The highest BCUT2D eigenvalue weighted by atomic mass is 19.3. The van der Waals surface area contributed by atoms with Crippen molar-refractivity contribution in [1.29, 1.82) is 0 Å². The number of carbonyl (C=O) groups excluding carboxylic acids is 1. The first-order valence-corrected chi connectivity index (χ1v) is 9.68. The molecule has 0 radical (unpaired) electrons. The lowest BCUT2D eigenvalue weighted by Crippen LogP contribution is -2.50. The minimum Gasteiger partial charge on any atom is -0.387 e. The van der Waals surface area contributed by atoms with Crippen molar-refractivity contribution in [3.8, 4) is 0 Å². The summed E-state index contributed by atoms with van der Waals surface area (Å²) in [6, 6.07) is 0. The summed E-state index contributed by atoms with van der Waals surface area (Å²) in [7, 11) is 0. The van der Waals surface area contributed by atoms with Crippen LogP contribution in [0.2, 0.25) is 0 Å². The van der Waals surface area contributed by atoms with Gasteiger partial charge in [-0.25, -0.2) is 8.78 Å². The summed E-state index contributed by atoms with van der Waals surface area (Å²) in [6.07, 6.45) is 5.03. The van der Waals surface area contributed by atoms with Crippen molar-refractivity contribution < 1.29 is 18.7 Å². The second-order valence-corrected chi connectivity index (χ2v) is 8.11. The molecule has 0 aliphatic carbocycles. The molecule has 0 spiro atoms. The molecule has 144 valence electrons. The Balaban J connectivity index is 1.46. The van der Waals surface area contributed by atoms with Gasteiger partial charge in [0.1, 0.15) is 0 Å². The number of halogens is 2. The monoisotopic (exact) mass is 359 g/mol. The molecule has 5 nitrogen and oxygen atoms in total.